The van der Waals surface area contributed by atoms with Crippen molar-refractivity contribution in [2.45, 2.75) is 0 Å². The van der Waals surface area contributed by atoms with E-state index in [4.69, 9.17) is 0 Å². The fourth-order valence-corrected chi connectivity index (χ4v) is 2.79. The third kappa shape index (κ3) is 3.52. The van der Waals surface area contributed by atoms with Crippen molar-refractivity contribution in [2.24, 2.45) is 0 Å². The molecule has 0 saturated heterocycles. The van der Waals surface area contributed by atoms with Crippen LogP contribution in [0, 0.1) is 0 Å². The Labute approximate surface area is 140 Å². The third-order valence-electron chi connectivity index (χ3n) is 2.96. The summed E-state index contributed by atoms with van der Waals surface area (Å²) in [7, 11) is 0. The highest BCUT2D eigenvalue weighted by atomic mass is 79.9. The minimum Gasteiger partial charge on any atom is -0.273 e. The maximum atomic E-state index is 11.9. The molecular formula is C16H12BrN3OS. The zero-order valence-electron chi connectivity index (χ0n) is 11.4. The van der Waals surface area contributed by atoms with Gasteiger partial charge in [0, 0.05) is 21.0 Å². The number of hydrogen-bond donors (Lipinski definition) is 2. The van der Waals surface area contributed by atoms with Gasteiger partial charge in [-0.1, -0.05) is 46.3 Å². The van der Waals surface area contributed by atoms with Crippen molar-refractivity contribution in [3.8, 4) is 11.3 Å². The zero-order chi connectivity index (χ0) is 15.4. The number of aromatic nitrogens is 1. The van der Waals surface area contributed by atoms with Crippen LogP contribution in [0.25, 0.3) is 11.3 Å². The molecule has 3 rings (SSSR count). The molecule has 2 N–H and O–H groups in total. The van der Waals surface area contributed by atoms with E-state index in [0.29, 0.717) is 10.7 Å². The number of amides is 1. The average Bonchev–Trinajstić information content (AvgIpc) is 3.03. The van der Waals surface area contributed by atoms with Crippen molar-refractivity contribution in [2.75, 3.05) is 5.43 Å². The Morgan fingerprint density at radius 2 is 1.77 bits per heavy atom. The summed E-state index contributed by atoms with van der Waals surface area (Å²) in [5, 5.41) is 2.59. The molecule has 22 heavy (non-hydrogen) atoms. The Kier molecular flexibility index (Phi) is 4.50. The summed E-state index contributed by atoms with van der Waals surface area (Å²) < 4.78 is 1.03. The highest BCUT2D eigenvalue weighted by Crippen LogP contribution is 2.25. The van der Waals surface area contributed by atoms with Crippen LogP contribution in [0.2, 0.25) is 0 Å². The molecule has 0 aliphatic carbocycles. The Bertz CT molecular complexity index is 772. The van der Waals surface area contributed by atoms with Crippen LogP contribution in [0.1, 0.15) is 10.4 Å². The molecular weight excluding hydrogens is 362 g/mol. The van der Waals surface area contributed by atoms with Gasteiger partial charge >= 0.3 is 0 Å². The van der Waals surface area contributed by atoms with E-state index in [1.54, 1.807) is 12.1 Å². The quantitative estimate of drug-likeness (QED) is 0.669. The number of nitrogens with one attached hydrogen (secondary N) is 2. The van der Waals surface area contributed by atoms with Crippen LogP contribution in [0.3, 0.4) is 0 Å². The van der Waals surface area contributed by atoms with Crippen molar-refractivity contribution in [3.05, 3.63) is 70.0 Å². The third-order valence-corrected chi connectivity index (χ3v) is 4.25. The van der Waals surface area contributed by atoms with E-state index in [1.165, 1.54) is 11.3 Å². The summed E-state index contributed by atoms with van der Waals surface area (Å²) >= 11 is 4.85. The molecule has 0 fully saturated rings. The van der Waals surface area contributed by atoms with Crippen LogP contribution in [-0.2, 0) is 0 Å². The maximum absolute atomic E-state index is 11.9. The Morgan fingerprint density at radius 3 is 2.50 bits per heavy atom. The van der Waals surface area contributed by atoms with E-state index in [9.17, 15) is 4.79 Å². The fraction of sp³-hybridized carbons (Fsp3) is 0. The molecule has 0 aliphatic heterocycles. The minimum atomic E-state index is -0.194. The van der Waals surface area contributed by atoms with Gasteiger partial charge in [0.25, 0.3) is 5.91 Å². The monoisotopic (exact) mass is 373 g/mol. The number of carbonyl (C=O) groups excluding carboxylic acids is 1. The topological polar surface area (TPSA) is 54.0 Å². The molecule has 0 unspecified atom stereocenters. The molecule has 1 heterocycles. The van der Waals surface area contributed by atoms with Gasteiger partial charge in [0.1, 0.15) is 0 Å². The summed E-state index contributed by atoms with van der Waals surface area (Å²) in [5.41, 5.74) is 7.98. The summed E-state index contributed by atoms with van der Waals surface area (Å²) in [6.07, 6.45) is 0. The van der Waals surface area contributed by atoms with Crippen LogP contribution < -0.4 is 10.9 Å². The molecule has 0 spiro atoms. The maximum Gasteiger partial charge on any atom is 0.269 e. The first-order valence-corrected chi connectivity index (χ1v) is 8.22. The number of anilines is 1. The SMILES string of the molecule is O=C(NNc1nc(-c2ccc(Br)cc2)cs1)c1ccccc1. The molecule has 3 aromatic rings. The molecule has 1 aromatic heterocycles. The largest absolute Gasteiger partial charge is 0.273 e. The van der Waals surface area contributed by atoms with Gasteiger partial charge in [-0.3, -0.25) is 15.6 Å². The van der Waals surface area contributed by atoms with Crippen molar-refractivity contribution in [1.29, 1.82) is 0 Å². The molecule has 110 valence electrons. The number of rotatable bonds is 4. The Hall–Kier alpha value is -2.18. The van der Waals surface area contributed by atoms with Gasteiger partial charge in [-0.15, -0.1) is 11.3 Å². The van der Waals surface area contributed by atoms with Gasteiger partial charge in [-0.05, 0) is 24.3 Å². The predicted molar refractivity (Wildman–Crippen MR) is 92.8 cm³/mol. The molecule has 0 atom stereocenters. The summed E-state index contributed by atoms with van der Waals surface area (Å²) in [5.74, 6) is -0.194. The lowest BCUT2D eigenvalue weighted by atomic mass is 10.2. The number of halogens is 1. The molecule has 4 nitrogen and oxygen atoms in total. The van der Waals surface area contributed by atoms with E-state index in [0.717, 1.165) is 15.7 Å². The van der Waals surface area contributed by atoms with Crippen LogP contribution in [0.15, 0.2) is 64.5 Å². The number of nitrogens with zero attached hydrogens (tertiary/aromatic N) is 1. The van der Waals surface area contributed by atoms with E-state index in [-0.39, 0.29) is 5.91 Å². The highest BCUT2D eigenvalue weighted by Gasteiger charge is 2.07. The Balaban J connectivity index is 1.65. The van der Waals surface area contributed by atoms with Gasteiger partial charge in [0.05, 0.1) is 5.69 Å². The molecule has 0 aliphatic rings. The van der Waals surface area contributed by atoms with E-state index >= 15 is 0 Å². The van der Waals surface area contributed by atoms with Crippen LogP contribution in [-0.4, -0.2) is 10.9 Å². The lowest BCUT2D eigenvalue weighted by molar-refractivity contribution is 0.0962. The van der Waals surface area contributed by atoms with Crippen molar-refractivity contribution < 1.29 is 4.79 Å². The first-order chi connectivity index (χ1) is 10.7. The second-order valence-electron chi connectivity index (χ2n) is 4.49. The standard InChI is InChI=1S/C16H12BrN3OS/c17-13-8-6-11(7-9-13)14-10-22-16(18-14)20-19-15(21)12-4-2-1-3-5-12/h1-10H,(H,18,20)(H,19,21). The molecule has 0 bridgehead atoms. The number of carbonyl (C=O) groups is 1. The second kappa shape index (κ2) is 6.72. The van der Waals surface area contributed by atoms with Gasteiger partial charge in [0.2, 0.25) is 5.13 Å². The van der Waals surface area contributed by atoms with E-state index < -0.39 is 0 Å². The molecule has 1 amide bonds. The van der Waals surface area contributed by atoms with Crippen LogP contribution in [0.5, 0.6) is 0 Å². The molecule has 2 aromatic carbocycles. The average molecular weight is 374 g/mol. The Morgan fingerprint density at radius 1 is 1.05 bits per heavy atom. The first kappa shape index (κ1) is 14.7. The van der Waals surface area contributed by atoms with Gasteiger partial charge in [-0.2, -0.15) is 0 Å². The van der Waals surface area contributed by atoms with Crippen molar-refractivity contribution in [3.63, 3.8) is 0 Å². The summed E-state index contributed by atoms with van der Waals surface area (Å²) in [4.78, 5) is 16.4. The lowest BCUT2D eigenvalue weighted by Crippen LogP contribution is -2.29. The van der Waals surface area contributed by atoms with Crippen molar-refractivity contribution in [1.82, 2.24) is 10.4 Å². The van der Waals surface area contributed by atoms with Crippen LogP contribution in [0.4, 0.5) is 5.13 Å². The summed E-state index contributed by atoms with van der Waals surface area (Å²) in [6, 6.07) is 17.0. The van der Waals surface area contributed by atoms with Gasteiger partial charge in [0.15, 0.2) is 0 Å². The normalized spacial score (nSPS) is 10.2. The van der Waals surface area contributed by atoms with Crippen molar-refractivity contribution >= 4 is 38.3 Å². The van der Waals surface area contributed by atoms with E-state index in [1.807, 2.05) is 47.8 Å². The van der Waals surface area contributed by atoms with Gasteiger partial charge in [-0.25, -0.2) is 4.98 Å². The fourth-order valence-electron chi connectivity index (χ4n) is 1.86. The smallest absolute Gasteiger partial charge is 0.269 e. The second-order valence-corrected chi connectivity index (χ2v) is 6.26. The molecule has 0 saturated carbocycles. The first-order valence-electron chi connectivity index (χ1n) is 6.55. The van der Waals surface area contributed by atoms with E-state index in [2.05, 4.69) is 31.8 Å². The van der Waals surface area contributed by atoms with Crippen LogP contribution >= 0.6 is 27.3 Å². The lowest BCUT2D eigenvalue weighted by Gasteiger charge is -2.05. The number of benzene rings is 2. The summed E-state index contributed by atoms with van der Waals surface area (Å²) in [6.45, 7) is 0. The predicted octanol–water partition coefficient (Wildman–Crippen LogP) is 4.33. The number of thiazole rings is 1. The highest BCUT2D eigenvalue weighted by molar-refractivity contribution is 9.10. The number of hydrogen-bond acceptors (Lipinski definition) is 4. The minimum absolute atomic E-state index is 0.194. The molecule has 0 radical (unpaired) electrons. The number of hydrazine groups is 1. The zero-order valence-corrected chi connectivity index (χ0v) is 13.8. The molecule has 6 heteroatoms. The van der Waals surface area contributed by atoms with Gasteiger partial charge < -0.3 is 0 Å².